The maximum absolute atomic E-state index is 12.6. The minimum atomic E-state index is -3.63. The van der Waals surface area contributed by atoms with E-state index in [1.54, 1.807) is 43.3 Å². The molecule has 0 atom stereocenters. The number of aryl methyl sites for hydroxylation is 1. The van der Waals surface area contributed by atoms with Crippen molar-refractivity contribution in [3.63, 3.8) is 0 Å². The van der Waals surface area contributed by atoms with Crippen molar-refractivity contribution >= 4 is 33.2 Å². The van der Waals surface area contributed by atoms with Gasteiger partial charge in [-0.05, 0) is 66.9 Å². The number of sulfonamides is 1. The van der Waals surface area contributed by atoms with E-state index in [9.17, 15) is 13.2 Å². The zero-order chi connectivity index (χ0) is 20.9. The first-order valence-corrected chi connectivity index (χ1v) is 10.9. The van der Waals surface area contributed by atoms with Gasteiger partial charge < -0.3 is 5.32 Å². The Hall–Kier alpha value is -2.67. The van der Waals surface area contributed by atoms with Gasteiger partial charge in [0.15, 0.2) is 0 Å². The summed E-state index contributed by atoms with van der Waals surface area (Å²) in [6.45, 7) is 2.06. The summed E-state index contributed by atoms with van der Waals surface area (Å²) in [7, 11) is -3.63. The first-order chi connectivity index (χ1) is 13.8. The molecule has 29 heavy (non-hydrogen) atoms. The number of hydrogen-bond acceptors (Lipinski definition) is 3. The predicted octanol–water partition coefficient (Wildman–Crippen LogP) is 4.42. The van der Waals surface area contributed by atoms with E-state index in [1.807, 2.05) is 30.3 Å². The molecule has 0 unspecified atom stereocenters. The summed E-state index contributed by atoms with van der Waals surface area (Å²) in [6.07, 6.45) is 0.605. The average molecular weight is 429 g/mol. The molecule has 2 N–H and O–H groups in total. The van der Waals surface area contributed by atoms with Crippen LogP contribution >= 0.6 is 11.6 Å². The Morgan fingerprint density at radius 3 is 2.31 bits per heavy atom. The summed E-state index contributed by atoms with van der Waals surface area (Å²) in [5.74, 6) is -0.290. The SMILES string of the molecule is Cc1cc(S(=O)(=O)NCCc2ccccc2)ccc1NC(=O)c1ccc(Cl)cc1. The smallest absolute Gasteiger partial charge is 0.255 e. The molecule has 3 rings (SSSR count). The van der Waals surface area contributed by atoms with Crippen molar-refractivity contribution in [2.75, 3.05) is 11.9 Å². The summed E-state index contributed by atoms with van der Waals surface area (Å²) in [5, 5.41) is 3.34. The van der Waals surface area contributed by atoms with Crippen LogP contribution in [0.3, 0.4) is 0 Å². The van der Waals surface area contributed by atoms with Crippen LogP contribution in [0, 0.1) is 6.92 Å². The van der Waals surface area contributed by atoms with Crippen LogP contribution in [0.15, 0.2) is 77.7 Å². The normalized spacial score (nSPS) is 11.2. The third-order valence-electron chi connectivity index (χ3n) is 4.41. The van der Waals surface area contributed by atoms with Crippen molar-refractivity contribution in [2.24, 2.45) is 0 Å². The van der Waals surface area contributed by atoms with Crippen LogP contribution < -0.4 is 10.0 Å². The lowest BCUT2D eigenvalue weighted by Crippen LogP contribution is -2.26. The molecule has 0 radical (unpaired) electrons. The maximum Gasteiger partial charge on any atom is 0.255 e. The third-order valence-corrected chi connectivity index (χ3v) is 6.12. The van der Waals surface area contributed by atoms with Crippen LogP contribution in [0.2, 0.25) is 5.02 Å². The van der Waals surface area contributed by atoms with E-state index in [0.29, 0.717) is 34.8 Å². The topological polar surface area (TPSA) is 75.3 Å². The number of halogens is 1. The molecule has 5 nitrogen and oxygen atoms in total. The van der Waals surface area contributed by atoms with Crippen LogP contribution in [0.4, 0.5) is 5.69 Å². The van der Waals surface area contributed by atoms with Crippen molar-refractivity contribution < 1.29 is 13.2 Å². The van der Waals surface area contributed by atoms with E-state index in [2.05, 4.69) is 10.0 Å². The number of rotatable bonds is 7. The molecule has 0 aliphatic carbocycles. The standard InChI is InChI=1S/C22H21ClN2O3S/c1-16-15-20(29(27,28)24-14-13-17-5-3-2-4-6-17)11-12-21(16)25-22(26)18-7-9-19(23)10-8-18/h2-12,15,24H,13-14H2,1H3,(H,25,26). The van der Waals surface area contributed by atoms with E-state index in [1.165, 1.54) is 6.07 Å². The van der Waals surface area contributed by atoms with Crippen LogP contribution in [0.25, 0.3) is 0 Å². The Morgan fingerprint density at radius 1 is 0.966 bits per heavy atom. The zero-order valence-corrected chi connectivity index (χ0v) is 17.4. The van der Waals surface area contributed by atoms with Gasteiger partial charge in [0, 0.05) is 22.8 Å². The molecule has 0 saturated carbocycles. The molecule has 1 amide bonds. The van der Waals surface area contributed by atoms with Gasteiger partial charge in [0.1, 0.15) is 0 Å². The van der Waals surface area contributed by atoms with E-state index >= 15 is 0 Å². The van der Waals surface area contributed by atoms with Crippen molar-refractivity contribution in [3.05, 3.63) is 94.5 Å². The third kappa shape index (κ3) is 5.67. The second kappa shape index (κ2) is 9.22. The quantitative estimate of drug-likeness (QED) is 0.584. The second-order valence-corrected chi connectivity index (χ2v) is 8.77. The van der Waals surface area contributed by atoms with Crippen molar-refractivity contribution in [1.82, 2.24) is 4.72 Å². The number of anilines is 1. The number of nitrogens with one attached hydrogen (secondary N) is 2. The van der Waals surface area contributed by atoms with Gasteiger partial charge in [-0.3, -0.25) is 4.79 Å². The van der Waals surface area contributed by atoms with E-state index in [-0.39, 0.29) is 10.8 Å². The Balaban J connectivity index is 1.66. The Morgan fingerprint density at radius 2 is 1.66 bits per heavy atom. The molecular formula is C22H21ClN2O3S. The number of amides is 1. The van der Waals surface area contributed by atoms with Gasteiger partial charge in [-0.25, -0.2) is 13.1 Å². The lowest BCUT2D eigenvalue weighted by atomic mass is 10.1. The highest BCUT2D eigenvalue weighted by Gasteiger charge is 2.16. The summed E-state index contributed by atoms with van der Waals surface area (Å²) < 4.78 is 27.7. The summed E-state index contributed by atoms with van der Waals surface area (Å²) in [5.41, 5.74) is 2.73. The number of carbonyl (C=O) groups excluding carboxylic acids is 1. The van der Waals surface area contributed by atoms with Crippen LogP contribution in [-0.4, -0.2) is 20.9 Å². The average Bonchev–Trinajstić information content (AvgIpc) is 2.70. The van der Waals surface area contributed by atoms with Gasteiger partial charge in [0.25, 0.3) is 5.91 Å². The molecule has 0 aromatic heterocycles. The van der Waals surface area contributed by atoms with Crippen LogP contribution in [-0.2, 0) is 16.4 Å². The predicted molar refractivity (Wildman–Crippen MR) is 116 cm³/mol. The van der Waals surface area contributed by atoms with Gasteiger partial charge in [-0.2, -0.15) is 0 Å². The van der Waals surface area contributed by atoms with Crippen molar-refractivity contribution in [3.8, 4) is 0 Å². The molecule has 0 bridgehead atoms. The van der Waals surface area contributed by atoms with Crippen molar-refractivity contribution in [1.29, 1.82) is 0 Å². The lowest BCUT2D eigenvalue weighted by molar-refractivity contribution is 0.102. The highest BCUT2D eigenvalue weighted by molar-refractivity contribution is 7.89. The van der Waals surface area contributed by atoms with Crippen molar-refractivity contribution in [2.45, 2.75) is 18.2 Å². The van der Waals surface area contributed by atoms with E-state index in [0.717, 1.165) is 5.56 Å². The molecule has 0 aliphatic heterocycles. The number of benzene rings is 3. The molecule has 0 heterocycles. The van der Waals surface area contributed by atoms with E-state index in [4.69, 9.17) is 11.6 Å². The maximum atomic E-state index is 12.6. The van der Waals surface area contributed by atoms with Gasteiger partial charge in [0.05, 0.1) is 4.90 Å². The van der Waals surface area contributed by atoms with E-state index < -0.39 is 10.0 Å². The first-order valence-electron chi connectivity index (χ1n) is 9.06. The highest BCUT2D eigenvalue weighted by atomic mass is 35.5. The van der Waals surface area contributed by atoms with Crippen LogP contribution in [0.1, 0.15) is 21.5 Å². The summed E-state index contributed by atoms with van der Waals surface area (Å²) >= 11 is 5.84. The molecule has 0 saturated heterocycles. The molecule has 0 spiro atoms. The van der Waals surface area contributed by atoms with Gasteiger partial charge >= 0.3 is 0 Å². The minimum absolute atomic E-state index is 0.160. The molecule has 3 aromatic carbocycles. The zero-order valence-electron chi connectivity index (χ0n) is 15.9. The fraction of sp³-hybridized carbons (Fsp3) is 0.136. The first kappa shape index (κ1) is 21.0. The second-order valence-electron chi connectivity index (χ2n) is 6.57. The fourth-order valence-corrected chi connectivity index (χ4v) is 4.04. The highest BCUT2D eigenvalue weighted by Crippen LogP contribution is 2.21. The minimum Gasteiger partial charge on any atom is -0.322 e. The largest absolute Gasteiger partial charge is 0.322 e. The molecule has 3 aromatic rings. The molecule has 7 heteroatoms. The Bertz CT molecular complexity index is 1100. The monoisotopic (exact) mass is 428 g/mol. The molecule has 0 aliphatic rings. The molecule has 150 valence electrons. The molecule has 0 fully saturated rings. The van der Waals surface area contributed by atoms with Gasteiger partial charge in [-0.15, -0.1) is 0 Å². The number of carbonyl (C=O) groups is 1. The van der Waals surface area contributed by atoms with Crippen LogP contribution in [0.5, 0.6) is 0 Å². The lowest BCUT2D eigenvalue weighted by Gasteiger charge is -2.12. The fourth-order valence-electron chi connectivity index (χ4n) is 2.80. The summed E-state index contributed by atoms with van der Waals surface area (Å²) in [6, 6.07) is 20.8. The molecular weight excluding hydrogens is 408 g/mol. The summed E-state index contributed by atoms with van der Waals surface area (Å²) in [4.78, 5) is 12.5. The number of hydrogen-bond donors (Lipinski definition) is 2. The van der Waals surface area contributed by atoms with Gasteiger partial charge in [0.2, 0.25) is 10.0 Å². The Kier molecular flexibility index (Phi) is 6.69. The van der Waals surface area contributed by atoms with Gasteiger partial charge in [-0.1, -0.05) is 41.9 Å². The Labute approximate surface area is 175 Å².